The molecule has 3 aromatic carbocycles. The zero-order valence-corrected chi connectivity index (χ0v) is 17.4. The van der Waals surface area contributed by atoms with Crippen LogP contribution in [0.4, 0.5) is 0 Å². The van der Waals surface area contributed by atoms with E-state index in [2.05, 4.69) is 0 Å². The van der Waals surface area contributed by atoms with Crippen LogP contribution in [0.3, 0.4) is 0 Å². The van der Waals surface area contributed by atoms with Gasteiger partial charge in [0.1, 0.15) is 22.7 Å². The molecule has 0 aliphatic carbocycles. The molecule has 1 heterocycles. The number of fused-ring (bicyclic) bond motifs is 2. The van der Waals surface area contributed by atoms with Gasteiger partial charge in [0, 0.05) is 11.1 Å². The summed E-state index contributed by atoms with van der Waals surface area (Å²) in [5, 5.41) is 20.3. The van der Waals surface area contributed by atoms with E-state index in [0.717, 1.165) is 5.56 Å². The fourth-order valence-electron chi connectivity index (χ4n) is 3.34. The average molecular weight is 440 g/mol. The summed E-state index contributed by atoms with van der Waals surface area (Å²) >= 11 is 5.90. The normalized spacial score (nSPS) is 11.9. The molecule has 0 saturated heterocycles. The molecule has 0 radical (unpaired) electrons. The van der Waals surface area contributed by atoms with Crippen LogP contribution >= 0.6 is 11.6 Å². The fourth-order valence-corrected chi connectivity index (χ4v) is 3.47. The average Bonchev–Trinajstić information content (AvgIpc) is 2.79. The standard InChI is InChI=1S/C24H22ClNO5/c25-16-2-4-17(5-3-16)30-18-6-7-19-22(12-18)31-21-8-1-15(11-20(21)23(19)29)9-10-24(26,13-27)14-28/h1-8,11-12,27-28H,9-10,13-14,26H2. The molecule has 0 fully saturated rings. The van der Waals surface area contributed by atoms with Crippen molar-refractivity contribution in [1.82, 2.24) is 0 Å². The Labute approximate surface area is 183 Å². The van der Waals surface area contributed by atoms with Gasteiger partial charge >= 0.3 is 0 Å². The predicted molar refractivity (Wildman–Crippen MR) is 121 cm³/mol. The number of aliphatic hydroxyl groups is 2. The van der Waals surface area contributed by atoms with Gasteiger partial charge in [0.05, 0.1) is 29.5 Å². The number of hydrogen-bond acceptors (Lipinski definition) is 6. The van der Waals surface area contributed by atoms with Gasteiger partial charge in [-0.1, -0.05) is 17.7 Å². The van der Waals surface area contributed by atoms with Crippen molar-refractivity contribution in [3.63, 3.8) is 0 Å². The minimum atomic E-state index is -1.05. The van der Waals surface area contributed by atoms with Crippen LogP contribution in [0.2, 0.25) is 5.02 Å². The molecule has 0 unspecified atom stereocenters. The maximum atomic E-state index is 13.0. The summed E-state index contributed by atoms with van der Waals surface area (Å²) in [6.45, 7) is -0.630. The topological polar surface area (TPSA) is 106 Å². The van der Waals surface area contributed by atoms with E-state index < -0.39 is 5.54 Å². The molecular weight excluding hydrogens is 418 g/mol. The molecule has 0 bridgehead atoms. The maximum Gasteiger partial charge on any atom is 0.200 e. The number of benzene rings is 3. The number of hydrogen-bond donors (Lipinski definition) is 3. The van der Waals surface area contributed by atoms with E-state index in [1.165, 1.54) is 0 Å². The van der Waals surface area contributed by atoms with Crippen molar-refractivity contribution < 1.29 is 19.4 Å². The highest BCUT2D eigenvalue weighted by Gasteiger charge is 2.22. The molecular formula is C24H22ClNO5. The second kappa shape index (κ2) is 8.69. The summed E-state index contributed by atoms with van der Waals surface area (Å²) in [6, 6.07) is 17.4. The molecule has 7 heteroatoms. The molecule has 4 N–H and O–H groups in total. The summed E-state index contributed by atoms with van der Waals surface area (Å²) in [5.41, 5.74) is 6.52. The minimum absolute atomic E-state index is 0.139. The number of aryl methyl sites for hydroxylation is 1. The van der Waals surface area contributed by atoms with E-state index in [-0.39, 0.29) is 18.6 Å². The molecule has 1 aromatic heterocycles. The van der Waals surface area contributed by atoms with Crippen molar-refractivity contribution in [2.45, 2.75) is 18.4 Å². The first-order valence-electron chi connectivity index (χ1n) is 9.84. The second-order valence-electron chi connectivity index (χ2n) is 7.65. The highest BCUT2D eigenvalue weighted by Crippen LogP contribution is 2.28. The Balaban J connectivity index is 1.65. The van der Waals surface area contributed by atoms with Crippen molar-refractivity contribution in [1.29, 1.82) is 0 Å². The van der Waals surface area contributed by atoms with Crippen LogP contribution < -0.4 is 15.9 Å². The van der Waals surface area contributed by atoms with Crippen molar-refractivity contribution in [3.05, 3.63) is 81.5 Å². The van der Waals surface area contributed by atoms with Gasteiger partial charge in [-0.25, -0.2) is 0 Å². The molecule has 0 aliphatic heterocycles. The van der Waals surface area contributed by atoms with Crippen LogP contribution in [-0.4, -0.2) is 29.0 Å². The molecule has 160 valence electrons. The van der Waals surface area contributed by atoms with E-state index >= 15 is 0 Å². The Morgan fingerprint density at radius 1 is 0.903 bits per heavy atom. The van der Waals surface area contributed by atoms with Crippen LogP contribution in [0.25, 0.3) is 21.9 Å². The van der Waals surface area contributed by atoms with E-state index in [9.17, 15) is 15.0 Å². The zero-order chi connectivity index (χ0) is 22.0. The summed E-state index contributed by atoms with van der Waals surface area (Å²) in [7, 11) is 0. The number of aliphatic hydroxyl groups excluding tert-OH is 2. The van der Waals surface area contributed by atoms with Gasteiger partial charge in [0.2, 0.25) is 5.43 Å². The van der Waals surface area contributed by atoms with E-state index in [1.54, 1.807) is 54.6 Å². The van der Waals surface area contributed by atoms with Gasteiger partial charge in [-0.2, -0.15) is 0 Å². The molecule has 6 nitrogen and oxygen atoms in total. The van der Waals surface area contributed by atoms with E-state index in [1.807, 2.05) is 6.07 Å². The first-order valence-corrected chi connectivity index (χ1v) is 10.2. The molecule has 0 spiro atoms. The summed E-state index contributed by atoms with van der Waals surface area (Å²) in [4.78, 5) is 13.0. The molecule has 4 rings (SSSR count). The van der Waals surface area contributed by atoms with Gasteiger partial charge in [-0.3, -0.25) is 4.79 Å². The highest BCUT2D eigenvalue weighted by molar-refractivity contribution is 6.30. The van der Waals surface area contributed by atoms with Crippen molar-refractivity contribution in [2.24, 2.45) is 5.73 Å². The SMILES string of the molecule is NC(CO)(CO)CCc1ccc2oc3cc(Oc4ccc(Cl)cc4)ccc3c(=O)c2c1. The minimum Gasteiger partial charge on any atom is -0.457 e. The third-order valence-electron chi connectivity index (χ3n) is 5.30. The van der Waals surface area contributed by atoms with Crippen LogP contribution in [0.5, 0.6) is 11.5 Å². The van der Waals surface area contributed by atoms with Crippen LogP contribution in [0.1, 0.15) is 12.0 Å². The number of halogens is 1. The largest absolute Gasteiger partial charge is 0.457 e. The monoisotopic (exact) mass is 439 g/mol. The Hall–Kier alpha value is -2.90. The Morgan fingerprint density at radius 3 is 2.32 bits per heavy atom. The zero-order valence-electron chi connectivity index (χ0n) is 16.7. The summed E-state index contributed by atoms with van der Waals surface area (Å²) < 4.78 is 11.8. The van der Waals surface area contributed by atoms with Crippen LogP contribution in [0, 0.1) is 0 Å². The number of ether oxygens (including phenoxy) is 1. The Bertz CT molecular complexity index is 1280. The lowest BCUT2D eigenvalue weighted by Gasteiger charge is -2.24. The maximum absolute atomic E-state index is 13.0. The van der Waals surface area contributed by atoms with Crippen molar-refractivity contribution in [2.75, 3.05) is 13.2 Å². The fraction of sp³-hybridized carbons (Fsp3) is 0.208. The van der Waals surface area contributed by atoms with E-state index in [0.29, 0.717) is 51.3 Å². The second-order valence-corrected chi connectivity index (χ2v) is 8.09. The van der Waals surface area contributed by atoms with E-state index in [4.69, 9.17) is 26.5 Å². The lowest BCUT2D eigenvalue weighted by molar-refractivity contribution is 0.115. The van der Waals surface area contributed by atoms with Crippen molar-refractivity contribution >= 4 is 33.5 Å². The molecule has 4 aromatic rings. The lowest BCUT2D eigenvalue weighted by Crippen LogP contribution is -2.47. The van der Waals surface area contributed by atoms with Gasteiger partial charge in [0.25, 0.3) is 0 Å². The van der Waals surface area contributed by atoms with Crippen LogP contribution in [0.15, 0.2) is 69.9 Å². The predicted octanol–water partition coefficient (Wildman–Crippen LogP) is 4.01. The third kappa shape index (κ3) is 4.57. The first kappa shape index (κ1) is 21.3. The Morgan fingerprint density at radius 2 is 1.61 bits per heavy atom. The Kier molecular flexibility index (Phi) is 5.98. The van der Waals surface area contributed by atoms with Crippen molar-refractivity contribution in [3.8, 4) is 11.5 Å². The first-order chi connectivity index (χ1) is 14.9. The smallest absolute Gasteiger partial charge is 0.200 e. The lowest BCUT2D eigenvalue weighted by atomic mass is 9.93. The number of rotatable bonds is 7. The molecule has 31 heavy (non-hydrogen) atoms. The summed E-state index contributed by atoms with van der Waals surface area (Å²) in [5.74, 6) is 1.17. The van der Waals surface area contributed by atoms with Gasteiger partial charge in [-0.15, -0.1) is 0 Å². The molecule has 0 atom stereocenters. The van der Waals surface area contributed by atoms with Crippen LogP contribution in [-0.2, 0) is 6.42 Å². The third-order valence-corrected chi connectivity index (χ3v) is 5.55. The van der Waals surface area contributed by atoms with Gasteiger partial charge in [-0.05, 0) is 66.9 Å². The van der Waals surface area contributed by atoms with Gasteiger partial charge in [0.15, 0.2) is 0 Å². The molecule has 0 aliphatic rings. The van der Waals surface area contributed by atoms with Gasteiger partial charge < -0.3 is 25.1 Å². The summed E-state index contributed by atoms with van der Waals surface area (Å²) in [6.07, 6.45) is 0.898. The quantitative estimate of drug-likeness (QED) is 0.376. The molecule has 0 saturated carbocycles. The number of nitrogens with two attached hydrogens (primary N) is 1. The highest BCUT2D eigenvalue weighted by atomic mass is 35.5. The molecule has 0 amide bonds.